The fourth-order valence-corrected chi connectivity index (χ4v) is 2.80. The van der Waals surface area contributed by atoms with Crippen molar-refractivity contribution < 1.29 is 18.0 Å². The number of nitrogens with one attached hydrogen (secondary N) is 2. The number of carbonyl (C=O) groups is 1. The summed E-state index contributed by atoms with van der Waals surface area (Å²) in [6, 6.07) is 2.25. The van der Waals surface area contributed by atoms with Crippen molar-refractivity contribution in [1.29, 1.82) is 0 Å². The molecule has 0 saturated heterocycles. The number of H-pyrrole nitrogens is 1. The highest BCUT2D eigenvalue weighted by atomic mass is 19.4. The zero-order valence-corrected chi connectivity index (χ0v) is 14.8. The molecule has 0 unspecified atom stereocenters. The van der Waals surface area contributed by atoms with Crippen LogP contribution in [-0.2, 0) is 24.1 Å². The average Bonchev–Trinajstić information content (AvgIpc) is 3.10. The summed E-state index contributed by atoms with van der Waals surface area (Å²) in [6.07, 6.45) is -4.56. The van der Waals surface area contributed by atoms with Crippen molar-refractivity contribution in [2.45, 2.75) is 40.0 Å². The van der Waals surface area contributed by atoms with Gasteiger partial charge in [-0.15, -0.1) is 0 Å². The second-order valence-electron chi connectivity index (χ2n) is 6.18. The van der Waals surface area contributed by atoms with Gasteiger partial charge in [-0.3, -0.25) is 19.4 Å². The summed E-state index contributed by atoms with van der Waals surface area (Å²) < 4.78 is 40.6. The molecule has 0 saturated carbocycles. The number of amides is 1. The second-order valence-corrected chi connectivity index (χ2v) is 6.18. The van der Waals surface area contributed by atoms with Crippen LogP contribution >= 0.6 is 0 Å². The Morgan fingerprint density at radius 1 is 1.26 bits per heavy atom. The van der Waals surface area contributed by atoms with E-state index >= 15 is 0 Å². The Balaban J connectivity index is 1.74. The number of aromatic amines is 1. The van der Waals surface area contributed by atoms with Crippen molar-refractivity contribution in [3.63, 3.8) is 0 Å². The summed E-state index contributed by atoms with van der Waals surface area (Å²) in [7, 11) is 0. The first-order valence-corrected chi connectivity index (χ1v) is 8.02. The number of alkyl halides is 3. The van der Waals surface area contributed by atoms with Gasteiger partial charge in [-0.1, -0.05) is 0 Å². The molecule has 144 valence electrons. The van der Waals surface area contributed by atoms with Gasteiger partial charge in [-0.2, -0.15) is 18.3 Å². The zero-order chi connectivity index (χ0) is 19.9. The number of rotatable bonds is 4. The number of aryl methyl sites for hydroxylation is 3. The molecule has 11 heteroatoms. The molecule has 0 aromatic carbocycles. The summed E-state index contributed by atoms with van der Waals surface area (Å²) >= 11 is 0. The van der Waals surface area contributed by atoms with E-state index < -0.39 is 17.8 Å². The quantitative estimate of drug-likeness (QED) is 0.714. The van der Waals surface area contributed by atoms with Gasteiger partial charge in [-0.25, -0.2) is 9.50 Å². The smallest absolute Gasteiger partial charge is 0.350 e. The lowest BCUT2D eigenvalue weighted by atomic mass is 10.1. The number of nitrogens with zero attached hydrogens (tertiary/aromatic N) is 4. The molecule has 0 bridgehead atoms. The number of halogens is 3. The van der Waals surface area contributed by atoms with E-state index in [1.165, 1.54) is 17.5 Å². The van der Waals surface area contributed by atoms with Gasteiger partial charge < -0.3 is 5.32 Å². The molecule has 3 aromatic rings. The van der Waals surface area contributed by atoms with Gasteiger partial charge >= 0.3 is 6.18 Å². The number of carbonyl (C=O) groups excluding carboxylic acids is 1. The summed E-state index contributed by atoms with van der Waals surface area (Å²) in [6.45, 7) is 4.75. The third-order valence-corrected chi connectivity index (χ3v) is 4.23. The molecule has 3 rings (SSSR count). The molecule has 3 aromatic heterocycles. The van der Waals surface area contributed by atoms with Crippen LogP contribution in [-0.4, -0.2) is 30.3 Å². The van der Waals surface area contributed by atoms with Crippen LogP contribution in [0.25, 0.3) is 5.65 Å². The lowest BCUT2D eigenvalue weighted by Gasteiger charge is -2.12. The largest absolute Gasteiger partial charge is 0.435 e. The van der Waals surface area contributed by atoms with Gasteiger partial charge in [-0.05, 0) is 26.8 Å². The van der Waals surface area contributed by atoms with E-state index in [1.54, 1.807) is 13.8 Å². The minimum atomic E-state index is -4.56. The summed E-state index contributed by atoms with van der Waals surface area (Å²) in [5.74, 6) is -0.491. The molecular formula is C16H17F3N6O2. The lowest BCUT2D eigenvalue weighted by molar-refractivity contribution is -0.141. The van der Waals surface area contributed by atoms with E-state index in [0.717, 1.165) is 10.7 Å². The minimum Gasteiger partial charge on any atom is -0.350 e. The summed E-state index contributed by atoms with van der Waals surface area (Å²) in [5, 5.41) is 8.69. The molecule has 0 atom stereocenters. The Labute approximate surface area is 151 Å². The van der Waals surface area contributed by atoms with Crippen LogP contribution in [0.15, 0.2) is 16.9 Å². The fraction of sp³-hybridized carbons (Fsp3) is 0.375. The van der Waals surface area contributed by atoms with Gasteiger partial charge in [0.05, 0.1) is 0 Å². The summed E-state index contributed by atoms with van der Waals surface area (Å²) in [5.41, 5.74) is 1.42. The molecule has 0 aliphatic carbocycles. The highest BCUT2D eigenvalue weighted by Crippen LogP contribution is 2.28. The maximum atomic E-state index is 12.7. The summed E-state index contributed by atoms with van der Waals surface area (Å²) in [4.78, 5) is 27.9. The van der Waals surface area contributed by atoms with Crippen LogP contribution in [0, 0.1) is 20.8 Å². The SMILES string of the molecule is Cc1nc2cc(=O)[nH]n2c(C)c1CNC(=O)Cn1nc(C(F)(F)F)cc1C. The highest BCUT2D eigenvalue weighted by molar-refractivity contribution is 5.75. The molecule has 27 heavy (non-hydrogen) atoms. The van der Waals surface area contributed by atoms with Crippen molar-refractivity contribution in [2.75, 3.05) is 0 Å². The Kier molecular flexibility index (Phi) is 4.54. The van der Waals surface area contributed by atoms with E-state index in [-0.39, 0.29) is 24.3 Å². The van der Waals surface area contributed by atoms with E-state index in [1.807, 2.05) is 0 Å². The zero-order valence-electron chi connectivity index (χ0n) is 14.8. The minimum absolute atomic E-state index is 0.117. The van der Waals surface area contributed by atoms with Crippen molar-refractivity contribution >= 4 is 11.6 Å². The van der Waals surface area contributed by atoms with Crippen LogP contribution in [0.4, 0.5) is 13.2 Å². The number of hydrogen-bond donors (Lipinski definition) is 2. The average molecular weight is 382 g/mol. The molecule has 0 fully saturated rings. The van der Waals surface area contributed by atoms with Crippen LogP contribution in [0.5, 0.6) is 0 Å². The van der Waals surface area contributed by atoms with Crippen molar-refractivity contribution in [1.82, 2.24) is 29.7 Å². The molecule has 0 aliphatic rings. The lowest BCUT2D eigenvalue weighted by Crippen LogP contribution is -2.29. The first-order valence-electron chi connectivity index (χ1n) is 8.02. The maximum absolute atomic E-state index is 12.7. The first-order chi connectivity index (χ1) is 12.6. The monoisotopic (exact) mass is 382 g/mol. The number of aromatic nitrogens is 5. The second kappa shape index (κ2) is 6.56. The molecule has 0 aliphatic heterocycles. The Morgan fingerprint density at radius 3 is 2.59 bits per heavy atom. The van der Waals surface area contributed by atoms with Crippen LogP contribution < -0.4 is 10.9 Å². The maximum Gasteiger partial charge on any atom is 0.435 e. The molecule has 3 heterocycles. The molecule has 8 nitrogen and oxygen atoms in total. The first kappa shape index (κ1) is 18.7. The van der Waals surface area contributed by atoms with Gasteiger partial charge in [0.25, 0.3) is 5.56 Å². The predicted molar refractivity (Wildman–Crippen MR) is 89.1 cm³/mol. The Morgan fingerprint density at radius 2 is 1.96 bits per heavy atom. The Hall–Kier alpha value is -3.11. The Bertz CT molecular complexity index is 1080. The molecule has 0 spiro atoms. The van der Waals surface area contributed by atoms with Crippen LogP contribution in [0.1, 0.15) is 28.3 Å². The third-order valence-electron chi connectivity index (χ3n) is 4.23. The predicted octanol–water partition coefficient (Wildman–Crippen LogP) is 1.48. The van der Waals surface area contributed by atoms with E-state index in [9.17, 15) is 22.8 Å². The standard InChI is InChI=1S/C16H17F3N6O2/c1-8-4-12(16(17,18)19)22-24(8)7-15(27)20-6-11-9(2)21-13-5-14(26)23-25(13)10(11)3/h4-5H,6-7H2,1-3H3,(H,20,27)(H,23,26). The van der Waals surface area contributed by atoms with E-state index in [4.69, 9.17) is 0 Å². The van der Waals surface area contributed by atoms with Gasteiger partial charge in [0, 0.05) is 35.3 Å². The topological polar surface area (TPSA) is 97.1 Å². The molecule has 0 radical (unpaired) electrons. The van der Waals surface area contributed by atoms with Crippen LogP contribution in [0.2, 0.25) is 0 Å². The molecule has 1 amide bonds. The van der Waals surface area contributed by atoms with E-state index in [2.05, 4.69) is 20.5 Å². The van der Waals surface area contributed by atoms with Crippen molar-refractivity contribution in [2.24, 2.45) is 0 Å². The molecular weight excluding hydrogens is 365 g/mol. The van der Waals surface area contributed by atoms with E-state index in [0.29, 0.717) is 22.6 Å². The van der Waals surface area contributed by atoms with Crippen LogP contribution in [0.3, 0.4) is 0 Å². The fourth-order valence-electron chi connectivity index (χ4n) is 2.80. The van der Waals surface area contributed by atoms with Gasteiger partial charge in [0.15, 0.2) is 11.3 Å². The highest BCUT2D eigenvalue weighted by Gasteiger charge is 2.34. The van der Waals surface area contributed by atoms with Gasteiger partial charge in [0.2, 0.25) is 5.91 Å². The number of fused-ring (bicyclic) bond motifs is 1. The number of hydrogen-bond acceptors (Lipinski definition) is 4. The molecule has 2 N–H and O–H groups in total. The van der Waals surface area contributed by atoms with Crippen molar-refractivity contribution in [3.05, 3.63) is 50.8 Å². The normalized spacial score (nSPS) is 11.9. The third kappa shape index (κ3) is 3.71. The van der Waals surface area contributed by atoms with Crippen molar-refractivity contribution in [3.8, 4) is 0 Å². The van der Waals surface area contributed by atoms with Gasteiger partial charge in [0.1, 0.15) is 6.54 Å².